The fraction of sp³-hybridized carbons (Fsp3) is 0. The predicted molar refractivity (Wildman–Crippen MR) is 74.0 cm³/mol. The third-order valence-electron chi connectivity index (χ3n) is 3.16. The van der Waals surface area contributed by atoms with E-state index >= 15 is 0 Å². The normalized spacial score (nSPS) is 11.6. The lowest BCUT2D eigenvalue weighted by molar-refractivity contribution is 0.656. The number of fused-ring (bicyclic) bond motifs is 4. The number of pyridine rings is 1. The molecule has 0 aliphatic heterocycles. The summed E-state index contributed by atoms with van der Waals surface area (Å²) in [5.41, 5.74) is 2.27. The highest BCUT2D eigenvalue weighted by molar-refractivity contribution is 6.42. The van der Waals surface area contributed by atoms with Gasteiger partial charge in [-0.25, -0.2) is 4.98 Å². The van der Waals surface area contributed by atoms with Crippen LogP contribution in [0.25, 0.3) is 33.0 Å². The highest BCUT2D eigenvalue weighted by atomic mass is 35.5. The third-order valence-corrected chi connectivity index (χ3v) is 3.55. The van der Waals surface area contributed by atoms with Gasteiger partial charge in [0, 0.05) is 10.8 Å². The first-order valence-electron chi connectivity index (χ1n) is 5.70. The molecule has 86 valence electrons. The molecule has 18 heavy (non-hydrogen) atoms. The first-order chi connectivity index (χ1) is 8.84. The van der Waals surface area contributed by atoms with Crippen molar-refractivity contribution in [3.05, 3.63) is 53.6 Å². The van der Waals surface area contributed by atoms with Gasteiger partial charge in [-0.05, 0) is 12.1 Å². The summed E-state index contributed by atoms with van der Waals surface area (Å²) in [6.45, 7) is 0. The van der Waals surface area contributed by atoms with E-state index in [2.05, 4.69) is 4.98 Å². The van der Waals surface area contributed by atoms with E-state index in [1.54, 1.807) is 0 Å². The second-order valence-electron chi connectivity index (χ2n) is 4.22. The lowest BCUT2D eigenvalue weighted by atomic mass is 10.1. The summed E-state index contributed by atoms with van der Waals surface area (Å²) in [5, 5.41) is 3.57. The van der Waals surface area contributed by atoms with Gasteiger partial charge in [-0.3, -0.25) is 0 Å². The van der Waals surface area contributed by atoms with Crippen LogP contribution in [0.1, 0.15) is 0 Å². The third kappa shape index (κ3) is 1.21. The molecule has 0 aliphatic rings. The molecule has 0 spiro atoms. The number of rotatable bonds is 0. The summed E-state index contributed by atoms with van der Waals surface area (Å²) < 4.78 is 5.75. The molecule has 0 aliphatic carbocycles. The lowest BCUT2D eigenvalue weighted by Gasteiger charge is -2.00. The van der Waals surface area contributed by atoms with E-state index in [1.165, 1.54) is 0 Å². The van der Waals surface area contributed by atoms with Crippen molar-refractivity contribution in [2.75, 3.05) is 0 Å². The number of hydrogen-bond donors (Lipinski definition) is 0. The SMILES string of the molecule is Clc1c2ccccc2nc2oc3ccccc3c12. The quantitative estimate of drug-likeness (QED) is 0.450. The summed E-state index contributed by atoms with van der Waals surface area (Å²) in [6, 6.07) is 15.7. The average molecular weight is 254 g/mol. The molecule has 0 unspecified atom stereocenters. The minimum atomic E-state index is 0.597. The molecule has 2 nitrogen and oxygen atoms in total. The summed E-state index contributed by atoms with van der Waals surface area (Å²) in [5.74, 6) is 0. The van der Waals surface area contributed by atoms with Crippen LogP contribution in [0.15, 0.2) is 52.9 Å². The van der Waals surface area contributed by atoms with E-state index < -0.39 is 0 Å². The van der Waals surface area contributed by atoms with Crippen LogP contribution in [0.2, 0.25) is 5.02 Å². The minimum absolute atomic E-state index is 0.597. The van der Waals surface area contributed by atoms with E-state index in [0.29, 0.717) is 10.7 Å². The number of hydrogen-bond acceptors (Lipinski definition) is 2. The van der Waals surface area contributed by atoms with E-state index in [9.17, 15) is 0 Å². The molecule has 3 heteroatoms. The Morgan fingerprint density at radius 1 is 0.889 bits per heavy atom. The second kappa shape index (κ2) is 3.47. The topological polar surface area (TPSA) is 26.0 Å². The Morgan fingerprint density at radius 2 is 1.61 bits per heavy atom. The van der Waals surface area contributed by atoms with Gasteiger partial charge < -0.3 is 4.42 Å². The van der Waals surface area contributed by atoms with Gasteiger partial charge >= 0.3 is 0 Å². The van der Waals surface area contributed by atoms with Crippen LogP contribution in [-0.2, 0) is 0 Å². The monoisotopic (exact) mass is 253 g/mol. The molecule has 0 radical (unpaired) electrons. The van der Waals surface area contributed by atoms with Crippen LogP contribution in [0.4, 0.5) is 0 Å². The van der Waals surface area contributed by atoms with Crippen LogP contribution >= 0.6 is 11.6 Å². The van der Waals surface area contributed by atoms with Crippen molar-refractivity contribution in [1.29, 1.82) is 0 Å². The molecular weight excluding hydrogens is 246 g/mol. The van der Waals surface area contributed by atoms with Gasteiger partial charge in [-0.2, -0.15) is 0 Å². The lowest BCUT2D eigenvalue weighted by Crippen LogP contribution is -1.80. The first kappa shape index (κ1) is 9.92. The van der Waals surface area contributed by atoms with Crippen molar-refractivity contribution >= 4 is 44.6 Å². The molecule has 0 saturated heterocycles. The van der Waals surface area contributed by atoms with Gasteiger partial charge in [0.15, 0.2) is 0 Å². The number of para-hydroxylation sites is 2. The zero-order chi connectivity index (χ0) is 12.1. The number of nitrogens with zero attached hydrogens (tertiary/aromatic N) is 1. The fourth-order valence-electron chi connectivity index (χ4n) is 2.32. The van der Waals surface area contributed by atoms with Crippen LogP contribution in [0.5, 0.6) is 0 Å². The standard InChI is InChI=1S/C15H8ClNO/c16-14-9-5-1-3-7-11(9)17-15-13(14)10-6-2-4-8-12(10)18-15/h1-8H. The molecule has 0 amide bonds. The van der Waals surface area contributed by atoms with E-state index in [4.69, 9.17) is 16.0 Å². The molecule has 4 rings (SSSR count). The van der Waals surface area contributed by atoms with Crippen LogP contribution < -0.4 is 0 Å². The van der Waals surface area contributed by atoms with Crippen LogP contribution in [0, 0.1) is 0 Å². The van der Waals surface area contributed by atoms with Crippen LogP contribution in [-0.4, -0.2) is 4.98 Å². The van der Waals surface area contributed by atoms with Gasteiger partial charge in [0.1, 0.15) is 5.58 Å². The van der Waals surface area contributed by atoms with Crippen molar-refractivity contribution in [3.63, 3.8) is 0 Å². The zero-order valence-electron chi connectivity index (χ0n) is 9.35. The Morgan fingerprint density at radius 3 is 2.50 bits per heavy atom. The maximum Gasteiger partial charge on any atom is 0.229 e. The van der Waals surface area contributed by atoms with Gasteiger partial charge in [0.2, 0.25) is 5.71 Å². The molecular formula is C15H8ClNO. The molecule has 0 bridgehead atoms. The van der Waals surface area contributed by atoms with Crippen molar-refractivity contribution in [3.8, 4) is 0 Å². The Bertz CT molecular complexity index is 895. The number of furan rings is 1. The highest BCUT2D eigenvalue weighted by Gasteiger charge is 2.13. The summed E-state index contributed by atoms with van der Waals surface area (Å²) in [6.07, 6.45) is 0. The van der Waals surface area contributed by atoms with E-state index in [0.717, 1.165) is 27.3 Å². The Labute approximate surface area is 108 Å². The molecule has 0 N–H and O–H groups in total. The summed E-state index contributed by atoms with van der Waals surface area (Å²) in [4.78, 5) is 4.52. The number of benzene rings is 2. The molecule has 4 aromatic rings. The van der Waals surface area contributed by atoms with Gasteiger partial charge in [-0.15, -0.1) is 0 Å². The Kier molecular flexibility index (Phi) is 1.91. The molecule has 2 aromatic heterocycles. The van der Waals surface area contributed by atoms with Crippen molar-refractivity contribution < 1.29 is 4.42 Å². The van der Waals surface area contributed by atoms with Gasteiger partial charge in [0.05, 0.1) is 15.9 Å². The molecule has 0 atom stereocenters. The number of halogens is 1. The van der Waals surface area contributed by atoms with E-state index in [1.807, 2.05) is 48.5 Å². The maximum atomic E-state index is 6.49. The summed E-state index contributed by atoms with van der Waals surface area (Å²) >= 11 is 6.49. The van der Waals surface area contributed by atoms with Gasteiger partial charge in [-0.1, -0.05) is 48.0 Å². The predicted octanol–water partition coefficient (Wildman–Crippen LogP) is 4.79. The molecule has 0 saturated carbocycles. The summed E-state index contributed by atoms with van der Waals surface area (Å²) in [7, 11) is 0. The Balaban J connectivity index is 2.34. The zero-order valence-corrected chi connectivity index (χ0v) is 10.1. The highest BCUT2D eigenvalue weighted by Crippen LogP contribution is 2.36. The van der Waals surface area contributed by atoms with Crippen molar-refractivity contribution in [2.45, 2.75) is 0 Å². The van der Waals surface area contributed by atoms with Gasteiger partial charge in [0.25, 0.3) is 0 Å². The second-order valence-corrected chi connectivity index (χ2v) is 4.60. The smallest absolute Gasteiger partial charge is 0.229 e. The molecule has 2 heterocycles. The first-order valence-corrected chi connectivity index (χ1v) is 6.08. The largest absolute Gasteiger partial charge is 0.438 e. The Hall–Kier alpha value is -2.06. The molecule has 0 fully saturated rings. The fourth-order valence-corrected chi connectivity index (χ4v) is 2.67. The minimum Gasteiger partial charge on any atom is -0.438 e. The maximum absolute atomic E-state index is 6.49. The number of aromatic nitrogens is 1. The average Bonchev–Trinajstić information content (AvgIpc) is 2.77. The van der Waals surface area contributed by atoms with E-state index in [-0.39, 0.29) is 0 Å². The molecule has 2 aromatic carbocycles. The van der Waals surface area contributed by atoms with Crippen molar-refractivity contribution in [2.24, 2.45) is 0 Å². The van der Waals surface area contributed by atoms with Crippen LogP contribution in [0.3, 0.4) is 0 Å². The van der Waals surface area contributed by atoms with Crippen molar-refractivity contribution in [1.82, 2.24) is 4.98 Å².